The third kappa shape index (κ3) is 3.45. The number of hydrogen-bond acceptors (Lipinski definition) is 2. The summed E-state index contributed by atoms with van der Waals surface area (Å²) in [5, 5.41) is 3.40. The average molecular weight is 253 g/mol. The maximum absolute atomic E-state index is 14.1. The molecule has 102 valence electrons. The summed E-state index contributed by atoms with van der Waals surface area (Å²) in [5.41, 5.74) is 0.742. The Hall–Kier alpha value is -1.09. The molecule has 0 aromatic heterocycles. The van der Waals surface area contributed by atoms with Crippen LogP contribution in [0.4, 0.5) is 4.39 Å². The van der Waals surface area contributed by atoms with Gasteiger partial charge in [0.05, 0.1) is 7.11 Å². The first-order chi connectivity index (χ1) is 8.67. The predicted octanol–water partition coefficient (Wildman–Crippen LogP) is 3.92. The minimum atomic E-state index is -0.188. The number of methoxy groups -OCH3 is 1. The van der Waals surface area contributed by atoms with Crippen molar-refractivity contribution in [2.45, 2.75) is 39.7 Å². The van der Waals surface area contributed by atoms with Gasteiger partial charge in [-0.1, -0.05) is 39.7 Å². The minimum absolute atomic E-state index is 0.0795. The lowest BCUT2D eigenvalue weighted by Gasteiger charge is -2.27. The van der Waals surface area contributed by atoms with Gasteiger partial charge in [0, 0.05) is 17.7 Å². The molecule has 0 heterocycles. The van der Waals surface area contributed by atoms with Gasteiger partial charge < -0.3 is 10.1 Å². The Labute approximate surface area is 110 Å². The van der Waals surface area contributed by atoms with E-state index in [4.69, 9.17) is 4.74 Å². The van der Waals surface area contributed by atoms with Gasteiger partial charge in [-0.05, 0) is 18.5 Å². The van der Waals surface area contributed by atoms with Crippen LogP contribution in [0.5, 0.6) is 5.75 Å². The van der Waals surface area contributed by atoms with E-state index in [9.17, 15) is 4.39 Å². The minimum Gasteiger partial charge on any atom is -0.497 e. The van der Waals surface area contributed by atoms with E-state index in [0.29, 0.717) is 11.7 Å². The molecule has 1 aromatic carbocycles. The second-order valence-electron chi connectivity index (χ2n) is 4.50. The van der Waals surface area contributed by atoms with Gasteiger partial charge in [0.25, 0.3) is 0 Å². The fraction of sp³-hybridized carbons (Fsp3) is 0.600. The molecule has 0 amide bonds. The molecular weight excluding hydrogens is 229 g/mol. The summed E-state index contributed by atoms with van der Waals surface area (Å²) in [4.78, 5) is 0. The smallest absolute Gasteiger partial charge is 0.131 e. The summed E-state index contributed by atoms with van der Waals surface area (Å²) in [6, 6.07) is 5.20. The lowest BCUT2D eigenvalue weighted by Crippen LogP contribution is -2.28. The molecule has 0 saturated heterocycles. The molecule has 0 spiro atoms. The van der Waals surface area contributed by atoms with Crippen molar-refractivity contribution in [3.8, 4) is 5.75 Å². The Kier molecular flexibility index (Phi) is 6.13. The van der Waals surface area contributed by atoms with Crippen molar-refractivity contribution in [1.82, 2.24) is 5.32 Å². The average Bonchev–Trinajstić information content (AvgIpc) is 2.39. The van der Waals surface area contributed by atoms with E-state index in [1.165, 1.54) is 6.07 Å². The van der Waals surface area contributed by atoms with Crippen molar-refractivity contribution < 1.29 is 9.13 Å². The molecule has 2 nitrogen and oxygen atoms in total. The molecule has 0 fully saturated rings. The fourth-order valence-electron chi connectivity index (χ4n) is 2.40. The molecule has 0 bridgehead atoms. The molecule has 0 aliphatic rings. The van der Waals surface area contributed by atoms with Gasteiger partial charge in [-0.3, -0.25) is 0 Å². The molecule has 3 heteroatoms. The van der Waals surface area contributed by atoms with E-state index < -0.39 is 0 Å². The normalized spacial score (nSPS) is 12.8. The van der Waals surface area contributed by atoms with Crippen molar-refractivity contribution in [3.63, 3.8) is 0 Å². The summed E-state index contributed by atoms with van der Waals surface area (Å²) >= 11 is 0. The number of ether oxygens (including phenoxy) is 1. The zero-order valence-corrected chi connectivity index (χ0v) is 11.8. The highest BCUT2D eigenvalue weighted by Gasteiger charge is 2.22. The maximum atomic E-state index is 14.1. The molecule has 1 unspecified atom stereocenters. The van der Waals surface area contributed by atoms with Gasteiger partial charge in [-0.2, -0.15) is 0 Å². The van der Waals surface area contributed by atoms with Crippen LogP contribution < -0.4 is 10.1 Å². The largest absolute Gasteiger partial charge is 0.497 e. The van der Waals surface area contributed by atoms with Gasteiger partial charge in [0.1, 0.15) is 11.6 Å². The summed E-state index contributed by atoms with van der Waals surface area (Å²) in [6.45, 7) is 7.20. The van der Waals surface area contributed by atoms with Crippen molar-refractivity contribution in [1.29, 1.82) is 0 Å². The molecule has 0 aliphatic heterocycles. The first-order valence-corrected chi connectivity index (χ1v) is 6.74. The van der Waals surface area contributed by atoms with E-state index in [1.54, 1.807) is 7.11 Å². The highest BCUT2D eigenvalue weighted by molar-refractivity contribution is 5.31. The quantitative estimate of drug-likeness (QED) is 0.795. The number of halogens is 1. The molecule has 1 aromatic rings. The molecule has 1 atom stereocenters. The van der Waals surface area contributed by atoms with Crippen LogP contribution in [0.25, 0.3) is 0 Å². The first-order valence-electron chi connectivity index (χ1n) is 6.74. The van der Waals surface area contributed by atoms with Gasteiger partial charge in [-0.15, -0.1) is 0 Å². The Bertz CT molecular complexity index is 364. The number of benzene rings is 1. The first kappa shape index (κ1) is 15.0. The van der Waals surface area contributed by atoms with E-state index in [0.717, 1.165) is 24.9 Å². The molecular formula is C15H24FNO. The van der Waals surface area contributed by atoms with Crippen LogP contribution in [0.2, 0.25) is 0 Å². The summed E-state index contributed by atoms with van der Waals surface area (Å²) in [5.74, 6) is 0.830. The second-order valence-corrected chi connectivity index (χ2v) is 4.50. The van der Waals surface area contributed by atoms with E-state index in [1.807, 2.05) is 12.1 Å². The Balaban J connectivity index is 3.04. The number of rotatable bonds is 7. The monoisotopic (exact) mass is 253 g/mol. The van der Waals surface area contributed by atoms with E-state index in [2.05, 4.69) is 26.1 Å². The lowest BCUT2D eigenvalue weighted by atomic mass is 9.88. The summed E-state index contributed by atoms with van der Waals surface area (Å²) < 4.78 is 19.2. The van der Waals surface area contributed by atoms with Crippen molar-refractivity contribution in [3.05, 3.63) is 29.6 Å². The van der Waals surface area contributed by atoms with Crippen LogP contribution in [0, 0.1) is 11.7 Å². The second kappa shape index (κ2) is 7.37. The van der Waals surface area contributed by atoms with Gasteiger partial charge in [0.2, 0.25) is 0 Å². The SMILES string of the molecule is CCNC(c1ccc(OC)cc1F)C(CC)CC. The fourth-order valence-corrected chi connectivity index (χ4v) is 2.40. The Morgan fingerprint density at radius 1 is 1.22 bits per heavy atom. The highest BCUT2D eigenvalue weighted by atomic mass is 19.1. The van der Waals surface area contributed by atoms with Crippen molar-refractivity contribution in [2.75, 3.05) is 13.7 Å². The summed E-state index contributed by atoms with van der Waals surface area (Å²) in [6.07, 6.45) is 2.08. The van der Waals surface area contributed by atoms with E-state index in [-0.39, 0.29) is 11.9 Å². The van der Waals surface area contributed by atoms with Gasteiger partial charge in [0.15, 0.2) is 0 Å². The molecule has 18 heavy (non-hydrogen) atoms. The molecule has 1 N–H and O–H groups in total. The molecule has 0 radical (unpaired) electrons. The van der Waals surface area contributed by atoms with Crippen molar-refractivity contribution >= 4 is 0 Å². The van der Waals surface area contributed by atoms with Gasteiger partial charge in [-0.25, -0.2) is 4.39 Å². The topological polar surface area (TPSA) is 21.3 Å². The summed E-state index contributed by atoms with van der Waals surface area (Å²) in [7, 11) is 1.55. The zero-order chi connectivity index (χ0) is 13.5. The Morgan fingerprint density at radius 3 is 2.33 bits per heavy atom. The van der Waals surface area contributed by atoms with Crippen molar-refractivity contribution in [2.24, 2.45) is 5.92 Å². The van der Waals surface area contributed by atoms with Crippen LogP contribution in [-0.4, -0.2) is 13.7 Å². The number of nitrogens with one attached hydrogen (secondary N) is 1. The molecule has 0 aliphatic carbocycles. The van der Waals surface area contributed by atoms with Crippen LogP contribution in [0.15, 0.2) is 18.2 Å². The van der Waals surface area contributed by atoms with Crippen LogP contribution in [0.1, 0.15) is 45.2 Å². The molecule has 0 saturated carbocycles. The Morgan fingerprint density at radius 2 is 1.89 bits per heavy atom. The van der Waals surface area contributed by atoms with E-state index >= 15 is 0 Å². The standard InChI is InChI=1S/C15H24FNO/c1-5-11(6-2)15(17-7-3)13-9-8-12(18-4)10-14(13)16/h8-11,15,17H,5-7H2,1-4H3. The third-order valence-corrected chi connectivity index (χ3v) is 3.49. The zero-order valence-electron chi connectivity index (χ0n) is 11.8. The lowest BCUT2D eigenvalue weighted by molar-refractivity contribution is 0.336. The number of hydrogen-bond donors (Lipinski definition) is 1. The van der Waals surface area contributed by atoms with Gasteiger partial charge >= 0.3 is 0 Å². The van der Waals surface area contributed by atoms with Crippen LogP contribution >= 0.6 is 0 Å². The maximum Gasteiger partial charge on any atom is 0.131 e. The molecule has 1 rings (SSSR count). The van der Waals surface area contributed by atoms with Crippen LogP contribution in [0.3, 0.4) is 0 Å². The predicted molar refractivity (Wildman–Crippen MR) is 73.4 cm³/mol. The van der Waals surface area contributed by atoms with Crippen LogP contribution in [-0.2, 0) is 0 Å². The third-order valence-electron chi connectivity index (χ3n) is 3.49. The highest BCUT2D eigenvalue weighted by Crippen LogP contribution is 2.30.